The Bertz CT molecular complexity index is 389. The van der Waals surface area contributed by atoms with Crippen molar-refractivity contribution >= 4 is 0 Å². The van der Waals surface area contributed by atoms with Gasteiger partial charge in [0.2, 0.25) is 0 Å². The quantitative estimate of drug-likeness (QED) is 0.863. The van der Waals surface area contributed by atoms with Crippen molar-refractivity contribution in [1.82, 2.24) is 10.6 Å². The van der Waals surface area contributed by atoms with Crippen LogP contribution in [0, 0.1) is 17.6 Å². The molecule has 0 aromatic heterocycles. The summed E-state index contributed by atoms with van der Waals surface area (Å²) in [6, 6.07) is 3.54. The highest BCUT2D eigenvalue weighted by Crippen LogP contribution is 2.27. The van der Waals surface area contributed by atoms with Crippen molar-refractivity contribution in [2.24, 2.45) is 5.92 Å². The third-order valence-corrected chi connectivity index (χ3v) is 3.65. The van der Waals surface area contributed by atoms with Crippen LogP contribution in [0.5, 0.6) is 0 Å². The summed E-state index contributed by atoms with van der Waals surface area (Å²) in [5, 5.41) is 6.45. The summed E-state index contributed by atoms with van der Waals surface area (Å²) in [5.74, 6) is -0.188. The number of hydrogen-bond acceptors (Lipinski definition) is 2. The molecule has 0 amide bonds. The average molecular weight is 254 g/mol. The highest BCUT2D eigenvalue weighted by molar-refractivity contribution is 5.22. The largest absolute Gasteiger partial charge is 0.316 e. The molecule has 1 saturated heterocycles. The van der Waals surface area contributed by atoms with E-state index in [4.69, 9.17) is 0 Å². The van der Waals surface area contributed by atoms with Crippen LogP contribution in [0.4, 0.5) is 8.78 Å². The summed E-state index contributed by atoms with van der Waals surface area (Å²) in [6.45, 7) is 2.03. The van der Waals surface area contributed by atoms with Crippen LogP contribution in [0.25, 0.3) is 0 Å². The van der Waals surface area contributed by atoms with E-state index in [-0.39, 0.29) is 17.7 Å². The second-order valence-electron chi connectivity index (χ2n) is 4.96. The van der Waals surface area contributed by atoms with Crippen LogP contribution in [-0.4, -0.2) is 20.1 Å². The predicted molar refractivity (Wildman–Crippen MR) is 68.4 cm³/mol. The third-order valence-electron chi connectivity index (χ3n) is 3.65. The van der Waals surface area contributed by atoms with Crippen LogP contribution in [0.3, 0.4) is 0 Å². The molecule has 2 N–H and O–H groups in total. The van der Waals surface area contributed by atoms with Gasteiger partial charge in [0.05, 0.1) is 0 Å². The molecule has 2 rings (SSSR count). The van der Waals surface area contributed by atoms with E-state index in [0.29, 0.717) is 11.5 Å². The summed E-state index contributed by atoms with van der Waals surface area (Å²) >= 11 is 0. The van der Waals surface area contributed by atoms with Gasteiger partial charge in [0.15, 0.2) is 0 Å². The molecule has 1 fully saturated rings. The van der Waals surface area contributed by atoms with E-state index >= 15 is 0 Å². The number of rotatable bonds is 4. The van der Waals surface area contributed by atoms with E-state index in [0.717, 1.165) is 38.4 Å². The molecule has 0 spiro atoms. The molecule has 2 atom stereocenters. The fourth-order valence-corrected chi connectivity index (χ4v) is 2.64. The molecule has 2 unspecified atom stereocenters. The topological polar surface area (TPSA) is 24.1 Å². The highest BCUT2D eigenvalue weighted by atomic mass is 19.1. The molecular formula is C14H20F2N2. The van der Waals surface area contributed by atoms with Crippen molar-refractivity contribution < 1.29 is 8.78 Å². The van der Waals surface area contributed by atoms with Gasteiger partial charge >= 0.3 is 0 Å². The first kappa shape index (κ1) is 13.4. The number of piperidine rings is 1. The number of halogens is 2. The van der Waals surface area contributed by atoms with Gasteiger partial charge in [-0.3, -0.25) is 0 Å². The molecule has 1 aliphatic heterocycles. The first-order valence-electron chi connectivity index (χ1n) is 6.53. The Kier molecular flexibility index (Phi) is 4.66. The second kappa shape index (κ2) is 6.25. The molecule has 0 bridgehead atoms. The Labute approximate surface area is 107 Å². The molecule has 1 aliphatic rings. The van der Waals surface area contributed by atoms with Gasteiger partial charge in [0, 0.05) is 11.6 Å². The number of hydrogen-bond donors (Lipinski definition) is 2. The van der Waals surface area contributed by atoms with E-state index < -0.39 is 0 Å². The van der Waals surface area contributed by atoms with Gasteiger partial charge in [0.1, 0.15) is 11.6 Å². The zero-order valence-corrected chi connectivity index (χ0v) is 10.7. The molecule has 4 heteroatoms. The Morgan fingerprint density at radius 2 is 2.28 bits per heavy atom. The maximum atomic E-state index is 13.7. The third kappa shape index (κ3) is 3.27. The standard InChI is InChI=1S/C14H20F2N2/c1-17-14(7-10-3-2-6-18-9-10)12-8-11(15)4-5-13(12)16/h4-5,8,10,14,17-18H,2-3,6-7,9H2,1H3. The SMILES string of the molecule is CNC(CC1CCCNC1)c1cc(F)ccc1F. The lowest BCUT2D eigenvalue weighted by Gasteiger charge is -2.27. The molecule has 100 valence electrons. The lowest BCUT2D eigenvalue weighted by Crippen LogP contribution is -2.32. The molecule has 1 aromatic rings. The molecule has 0 radical (unpaired) electrons. The molecule has 1 aromatic carbocycles. The number of nitrogens with one attached hydrogen (secondary N) is 2. The van der Waals surface area contributed by atoms with Gasteiger partial charge in [-0.15, -0.1) is 0 Å². The van der Waals surface area contributed by atoms with Crippen molar-refractivity contribution in [2.75, 3.05) is 20.1 Å². The Hall–Kier alpha value is -1.00. The van der Waals surface area contributed by atoms with Crippen molar-refractivity contribution in [3.63, 3.8) is 0 Å². The van der Waals surface area contributed by atoms with Crippen molar-refractivity contribution in [3.05, 3.63) is 35.4 Å². The van der Waals surface area contributed by atoms with Gasteiger partial charge < -0.3 is 10.6 Å². The summed E-state index contributed by atoms with van der Waals surface area (Å²) in [5.41, 5.74) is 0.433. The van der Waals surface area contributed by atoms with Crippen LogP contribution in [0.15, 0.2) is 18.2 Å². The minimum atomic E-state index is -0.381. The maximum absolute atomic E-state index is 13.7. The van der Waals surface area contributed by atoms with Gasteiger partial charge in [-0.2, -0.15) is 0 Å². The highest BCUT2D eigenvalue weighted by Gasteiger charge is 2.21. The number of benzene rings is 1. The second-order valence-corrected chi connectivity index (χ2v) is 4.96. The first-order chi connectivity index (χ1) is 8.70. The van der Waals surface area contributed by atoms with Gasteiger partial charge in [0.25, 0.3) is 0 Å². The van der Waals surface area contributed by atoms with Crippen LogP contribution >= 0.6 is 0 Å². The van der Waals surface area contributed by atoms with Crippen molar-refractivity contribution in [2.45, 2.75) is 25.3 Å². The Morgan fingerprint density at radius 1 is 1.44 bits per heavy atom. The van der Waals surface area contributed by atoms with E-state index in [2.05, 4.69) is 10.6 Å². The molecule has 18 heavy (non-hydrogen) atoms. The Morgan fingerprint density at radius 3 is 2.94 bits per heavy atom. The molecule has 0 aliphatic carbocycles. The maximum Gasteiger partial charge on any atom is 0.128 e. The van der Waals surface area contributed by atoms with Gasteiger partial charge in [-0.05, 0) is 63.5 Å². The van der Waals surface area contributed by atoms with E-state index in [1.165, 1.54) is 12.1 Å². The van der Waals surface area contributed by atoms with E-state index in [9.17, 15) is 8.78 Å². The summed E-state index contributed by atoms with van der Waals surface area (Å²) in [4.78, 5) is 0. The molecule has 1 heterocycles. The summed E-state index contributed by atoms with van der Waals surface area (Å²) < 4.78 is 27.0. The minimum absolute atomic E-state index is 0.120. The first-order valence-corrected chi connectivity index (χ1v) is 6.53. The smallest absolute Gasteiger partial charge is 0.128 e. The van der Waals surface area contributed by atoms with Gasteiger partial charge in [-0.25, -0.2) is 8.78 Å². The minimum Gasteiger partial charge on any atom is -0.316 e. The molecular weight excluding hydrogens is 234 g/mol. The normalized spacial score (nSPS) is 21.8. The van der Waals surface area contributed by atoms with E-state index in [1.807, 2.05) is 0 Å². The lowest BCUT2D eigenvalue weighted by atomic mass is 9.89. The zero-order valence-electron chi connectivity index (χ0n) is 10.7. The summed E-state index contributed by atoms with van der Waals surface area (Å²) in [6.07, 6.45) is 3.15. The van der Waals surface area contributed by atoms with Crippen LogP contribution in [0.2, 0.25) is 0 Å². The van der Waals surface area contributed by atoms with Gasteiger partial charge in [-0.1, -0.05) is 0 Å². The molecule has 0 saturated carbocycles. The van der Waals surface area contributed by atoms with Crippen LogP contribution < -0.4 is 10.6 Å². The van der Waals surface area contributed by atoms with Crippen LogP contribution in [-0.2, 0) is 0 Å². The molecule has 2 nitrogen and oxygen atoms in total. The predicted octanol–water partition coefficient (Wildman–Crippen LogP) is 2.62. The van der Waals surface area contributed by atoms with Crippen molar-refractivity contribution in [1.29, 1.82) is 0 Å². The summed E-state index contributed by atoms with van der Waals surface area (Å²) in [7, 11) is 1.80. The lowest BCUT2D eigenvalue weighted by molar-refractivity contribution is 0.318. The Balaban J connectivity index is 2.09. The van der Waals surface area contributed by atoms with Crippen LogP contribution in [0.1, 0.15) is 30.9 Å². The van der Waals surface area contributed by atoms with Crippen molar-refractivity contribution in [3.8, 4) is 0 Å². The fraction of sp³-hybridized carbons (Fsp3) is 0.571. The average Bonchev–Trinajstić information content (AvgIpc) is 2.40. The monoisotopic (exact) mass is 254 g/mol. The van der Waals surface area contributed by atoms with E-state index in [1.54, 1.807) is 7.05 Å². The zero-order chi connectivity index (χ0) is 13.0. The fourth-order valence-electron chi connectivity index (χ4n) is 2.64.